The van der Waals surface area contributed by atoms with Crippen LogP contribution in [0.3, 0.4) is 0 Å². The zero-order chi connectivity index (χ0) is 10.1. The Labute approximate surface area is 88.0 Å². The van der Waals surface area contributed by atoms with Crippen LogP contribution in [0.4, 0.5) is 0 Å². The molecule has 14 heavy (non-hydrogen) atoms. The first kappa shape index (κ1) is 9.69. The molecule has 0 spiro atoms. The van der Waals surface area contributed by atoms with E-state index in [0.29, 0.717) is 0 Å². The molecule has 0 saturated carbocycles. The lowest BCUT2D eigenvalue weighted by atomic mass is 10.1. The van der Waals surface area contributed by atoms with E-state index in [-0.39, 0.29) is 6.10 Å². The number of rotatable bonds is 2. The van der Waals surface area contributed by atoms with Gasteiger partial charge in [-0.1, -0.05) is 12.1 Å². The lowest BCUT2D eigenvalue weighted by molar-refractivity contribution is 0.196. The minimum atomic E-state index is -0.255. The molecule has 1 aromatic carbocycles. The van der Waals surface area contributed by atoms with Crippen LogP contribution < -0.4 is 0 Å². The van der Waals surface area contributed by atoms with E-state index in [9.17, 15) is 5.11 Å². The van der Waals surface area contributed by atoms with Crippen molar-refractivity contribution < 1.29 is 5.11 Å². The summed E-state index contributed by atoms with van der Waals surface area (Å²) < 4.78 is 1.32. The van der Waals surface area contributed by atoms with Gasteiger partial charge in [-0.2, -0.15) is 0 Å². The first-order chi connectivity index (χ1) is 6.66. The quantitative estimate of drug-likeness (QED) is 0.800. The molecule has 0 fully saturated rings. The Morgan fingerprint density at radius 2 is 2.21 bits per heavy atom. The van der Waals surface area contributed by atoms with Crippen LogP contribution in [-0.4, -0.2) is 11.2 Å². The number of fused-ring (bicyclic) bond motifs is 1. The highest BCUT2D eigenvalue weighted by atomic mass is 32.1. The van der Waals surface area contributed by atoms with E-state index >= 15 is 0 Å². The monoisotopic (exact) mass is 206 g/mol. The van der Waals surface area contributed by atoms with Gasteiger partial charge in [0.25, 0.3) is 0 Å². The molecule has 1 aromatic heterocycles. The number of aliphatic hydroxyl groups is 1. The van der Waals surface area contributed by atoms with Gasteiger partial charge >= 0.3 is 0 Å². The van der Waals surface area contributed by atoms with Crippen molar-refractivity contribution in [3.05, 3.63) is 34.7 Å². The summed E-state index contributed by atoms with van der Waals surface area (Å²) in [4.78, 5) is 0. The number of aryl methyl sites for hydroxylation is 1. The predicted octanol–water partition coefficient (Wildman–Crippen LogP) is 3.13. The number of aliphatic hydroxyl groups excluding tert-OH is 1. The molecule has 0 saturated heterocycles. The molecule has 74 valence electrons. The number of benzene rings is 1. The fourth-order valence-corrected chi connectivity index (χ4v) is 2.74. The average molecular weight is 206 g/mol. The molecule has 1 heterocycles. The van der Waals surface area contributed by atoms with E-state index in [1.165, 1.54) is 21.2 Å². The fraction of sp³-hybridized carbons (Fsp3) is 0.333. The summed E-state index contributed by atoms with van der Waals surface area (Å²) in [6.45, 7) is 3.94. The van der Waals surface area contributed by atoms with Crippen LogP contribution in [-0.2, 0) is 6.42 Å². The molecule has 2 heteroatoms. The van der Waals surface area contributed by atoms with E-state index in [1.807, 2.05) is 6.92 Å². The molecular weight excluding hydrogens is 192 g/mol. The lowest BCUT2D eigenvalue weighted by Crippen LogP contribution is -2.03. The number of hydrogen-bond donors (Lipinski definition) is 1. The average Bonchev–Trinajstić information content (AvgIpc) is 2.47. The second-order valence-electron chi connectivity index (χ2n) is 3.81. The molecular formula is C12H14OS. The van der Waals surface area contributed by atoms with Crippen molar-refractivity contribution in [3.8, 4) is 0 Å². The highest BCUT2D eigenvalue weighted by Gasteiger charge is 2.06. The molecule has 0 radical (unpaired) electrons. The van der Waals surface area contributed by atoms with Gasteiger partial charge in [0, 0.05) is 4.70 Å². The number of thiophene rings is 1. The van der Waals surface area contributed by atoms with Gasteiger partial charge in [-0.15, -0.1) is 11.3 Å². The maximum absolute atomic E-state index is 9.34. The van der Waals surface area contributed by atoms with Crippen LogP contribution in [0.25, 0.3) is 10.1 Å². The van der Waals surface area contributed by atoms with Gasteiger partial charge in [0.15, 0.2) is 0 Å². The van der Waals surface area contributed by atoms with E-state index in [4.69, 9.17) is 0 Å². The molecule has 0 amide bonds. The highest BCUT2D eigenvalue weighted by Crippen LogP contribution is 2.27. The Morgan fingerprint density at radius 1 is 1.43 bits per heavy atom. The predicted molar refractivity (Wildman–Crippen MR) is 61.9 cm³/mol. The summed E-state index contributed by atoms with van der Waals surface area (Å²) >= 11 is 1.76. The molecule has 1 unspecified atom stereocenters. The lowest BCUT2D eigenvalue weighted by Gasteiger charge is -2.02. The van der Waals surface area contributed by atoms with E-state index in [2.05, 4.69) is 30.5 Å². The van der Waals surface area contributed by atoms with Crippen molar-refractivity contribution in [2.75, 3.05) is 0 Å². The maximum Gasteiger partial charge on any atom is 0.0552 e. The maximum atomic E-state index is 9.34. The smallest absolute Gasteiger partial charge is 0.0552 e. The van der Waals surface area contributed by atoms with Crippen molar-refractivity contribution in [1.29, 1.82) is 0 Å². The molecule has 0 aliphatic carbocycles. The van der Waals surface area contributed by atoms with Crippen LogP contribution >= 0.6 is 11.3 Å². The third-order valence-corrected chi connectivity index (χ3v) is 3.32. The topological polar surface area (TPSA) is 20.2 Å². The summed E-state index contributed by atoms with van der Waals surface area (Å²) in [5.41, 5.74) is 2.56. The van der Waals surface area contributed by atoms with Gasteiger partial charge in [-0.05, 0) is 48.2 Å². The van der Waals surface area contributed by atoms with E-state index in [1.54, 1.807) is 11.3 Å². The summed E-state index contributed by atoms with van der Waals surface area (Å²) in [6.07, 6.45) is 0.498. The Balaban J connectivity index is 2.47. The van der Waals surface area contributed by atoms with Crippen LogP contribution in [0.1, 0.15) is 18.1 Å². The fourth-order valence-electron chi connectivity index (χ4n) is 1.67. The van der Waals surface area contributed by atoms with Crippen molar-refractivity contribution in [3.63, 3.8) is 0 Å². The first-order valence-corrected chi connectivity index (χ1v) is 5.69. The van der Waals surface area contributed by atoms with Gasteiger partial charge in [0.05, 0.1) is 6.10 Å². The third kappa shape index (κ3) is 1.81. The van der Waals surface area contributed by atoms with Gasteiger partial charge in [0.2, 0.25) is 0 Å². The standard InChI is InChI=1S/C12H14OS/c1-8-3-4-11-10(6-9(2)13)7-14-12(11)5-8/h3-5,7,9,13H,6H2,1-2H3. The summed E-state index contributed by atoms with van der Waals surface area (Å²) in [5.74, 6) is 0. The Bertz CT molecular complexity index is 443. The van der Waals surface area contributed by atoms with Crippen molar-refractivity contribution >= 4 is 21.4 Å². The van der Waals surface area contributed by atoms with Crippen LogP contribution in [0.2, 0.25) is 0 Å². The molecule has 2 aromatic rings. The summed E-state index contributed by atoms with van der Waals surface area (Å²) in [7, 11) is 0. The summed E-state index contributed by atoms with van der Waals surface area (Å²) in [6, 6.07) is 6.48. The van der Waals surface area contributed by atoms with Gasteiger partial charge in [-0.3, -0.25) is 0 Å². The van der Waals surface area contributed by atoms with Crippen LogP contribution in [0, 0.1) is 6.92 Å². The van der Waals surface area contributed by atoms with E-state index < -0.39 is 0 Å². The Morgan fingerprint density at radius 3 is 2.93 bits per heavy atom. The Hall–Kier alpha value is -0.860. The normalized spacial score (nSPS) is 13.4. The second-order valence-corrected chi connectivity index (χ2v) is 4.72. The van der Waals surface area contributed by atoms with Crippen molar-refractivity contribution in [1.82, 2.24) is 0 Å². The molecule has 1 atom stereocenters. The zero-order valence-corrected chi connectivity index (χ0v) is 9.27. The largest absolute Gasteiger partial charge is 0.393 e. The summed E-state index contributed by atoms with van der Waals surface area (Å²) in [5, 5.41) is 12.8. The third-order valence-electron chi connectivity index (χ3n) is 2.33. The SMILES string of the molecule is Cc1ccc2c(CC(C)O)csc2c1. The van der Waals surface area contributed by atoms with Crippen molar-refractivity contribution in [2.24, 2.45) is 0 Å². The van der Waals surface area contributed by atoms with E-state index in [0.717, 1.165) is 6.42 Å². The molecule has 1 N–H and O–H groups in total. The Kier molecular flexibility index (Phi) is 2.57. The molecule has 0 aliphatic heterocycles. The molecule has 0 aliphatic rings. The minimum absolute atomic E-state index is 0.255. The number of hydrogen-bond acceptors (Lipinski definition) is 2. The van der Waals surface area contributed by atoms with Crippen LogP contribution in [0.15, 0.2) is 23.6 Å². The second kappa shape index (κ2) is 3.71. The van der Waals surface area contributed by atoms with Crippen molar-refractivity contribution in [2.45, 2.75) is 26.4 Å². The van der Waals surface area contributed by atoms with Gasteiger partial charge < -0.3 is 5.11 Å². The zero-order valence-electron chi connectivity index (χ0n) is 8.45. The van der Waals surface area contributed by atoms with Crippen LogP contribution in [0.5, 0.6) is 0 Å². The molecule has 2 rings (SSSR count). The molecule has 0 bridgehead atoms. The van der Waals surface area contributed by atoms with Gasteiger partial charge in [-0.25, -0.2) is 0 Å². The van der Waals surface area contributed by atoms with Gasteiger partial charge in [0.1, 0.15) is 0 Å². The minimum Gasteiger partial charge on any atom is -0.393 e. The first-order valence-electron chi connectivity index (χ1n) is 4.81. The highest BCUT2D eigenvalue weighted by molar-refractivity contribution is 7.17. The molecule has 1 nitrogen and oxygen atoms in total.